The fraction of sp³-hybridized carbons (Fsp3) is 0.120. The van der Waals surface area contributed by atoms with E-state index in [1.165, 1.54) is 22.0 Å². The summed E-state index contributed by atoms with van der Waals surface area (Å²) in [5.74, 6) is -0.00194. The number of fused-ring (bicyclic) bond motifs is 2. The minimum absolute atomic E-state index is 0.00194. The predicted octanol–water partition coefficient (Wildman–Crippen LogP) is 4.72. The van der Waals surface area contributed by atoms with Crippen LogP contribution in [0.4, 0.5) is 8.78 Å². The van der Waals surface area contributed by atoms with Gasteiger partial charge in [-0.25, -0.2) is 13.8 Å². The number of allylic oxidation sites excluding steroid dienone is 5. The van der Waals surface area contributed by atoms with Crippen molar-refractivity contribution >= 4 is 43.9 Å². The monoisotopic (exact) mass is 491 g/mol. The van der Waals surface area contributed by atoms with Gasteiger partial charge in [0.2, 0.25) is 5.88 Å². The maximum absolute atomic E-state index is 13.9. The van der Waals surface area contributed by atoms with Gasteiger partial charge < -0.3 is 15.5 Å². The molecule has 1 aromatic carbocycles. The fourth-order valence-corrected chi connectivity index (χ4v) is 4.49. The summed E-state index contributed by atoms with van der Waals surface area (Å²) in [5, 5.41) is 11.6. The van der Waals surface area contributed by atoms with Crippen LogP contribution in [0.2, 0.25) is 0 Å². The third-order valence-electron chi connectivity index (χ3n) is 5.42. The van der Waals surface area contributed by atoms with Crippen LogP contribution < -0.4 is 15.6 Å². The van der Waals surface area contributed by atoms with Gasteiger partial charge in [-0.1, -0.05) is 6.08 Å². The molecule has 0 saturated carbocycles. The number of rotatable bonds is 6. The van der Waals surface area contributed by atoms with Crippen LogP contribution in [0.25, 0.3) is 32.5 Å². The SMILES string of the molecule is CN/C=C1/C=C(c2cc3ccc(OCC(F)F)nc3n(-c3ccc4scnc4c3)c2=O)C=CC1=N. The summed E-state index contributed by atoms with van der Waals surface area (Å²) in [7, 11) is 1.74. The summed E-state index contributed by atoms with van der Waals surface area (Å²) >= 11 is 1.49. The number of alkyl halides is 2. The van der Waals surface area contributed by atoms with Crippen molar-refractivity contribution in [3.05, 3.63) is 87.8 Å². The van der Waals surface area contributed by atoms with Gasteiger partial charge in [-0.3, -0.25) is 9.36 Å². The average Bonchev–Trinajstić information content (AvgIpc) is 3.32. The number of aromatic nitrogens is 3. The molecule has 0 saturated heterocycles. The molecule has 10 heteroatoms. The first-order valence-electron chi connectivity index (χ1n) is 10.6. The van der Waals surface area contributed by atoms with E-state index in [2.05, 4.69) is 15.3 Å². The van der Waals surface area contributed by atoms with Crippen molar-refractivity contribution in [3.63, 3.8) is 0 Å². The largest absolute Gasteiger partial charge is 0.472 e. The van der Waals surface area contributed by atoms with Crippen LogP contribution in [0, 0.1) is 5.41 Å². The van der Waals surface area contributed by atoms with E-state index in [1.54, 1.807) is 61.3 Å². The van der Waals surface area contributed by atoms with E-state index in [4.69, 9.17) is 10.1 Å². The molecule has 0 radical (unpaired) electrons. The first kappa shape index (κ1) is 22.6. The van der Waals surface area contributed by atoms with Gasteiger partial charge in [0.05, 0.1) is 27.1 Å². The number of nitrogens with one attached hydrogen (secondary N) is 2. The van der Waals surface area contributed by atoms with Gasteiger partial charge in [0, 0.05) is 35.8 Å². The number of nitrogens with zero attached hydrogens (tertiary/aromatic N) is 3. The zero-order valence-electron chi connectivity index (χ0n) is 18.5. The molecule has 176 valence electrons. The van der Waals surface area contributed by atoms with Crippen LogP contribution in [0.3, 0.4) is 0 Å². The molecule has 35 heavy (non-hydrogen) atoms. The molecule has 1 aliphatic rings. The van der Waals surface area contributed by atoms with E-state index in [1.807, 2.05) is 6.07 Å². The summed E-state index contributed by atoms with van der Waals surface area (Å²) in [4.78, 5) is 22.6. The molecule has 0 aliphatic heterocycles. The Labute approximate surface area is 202 Å². The average molecular weight is 492 g/mol. The lowest BCUT2D eigenvalue weighted by atomic mass is 9.95. The molecule has 0 unspecified atom stereocenters. The number of thiazole rings is 1. The molecule has 0 amide bonds. The molecular formula is C25H19F2N5O2S. The first-order chi connectivity index (χ1) is 16.9. The maximum atomic E-state index is 13.9. The second-order valence-electron chi connectivity index (χ2n) is 7.70. The topological polar surface area (TPSA) is 92.9 Å². The highest BCUT2D eigenvalue weighted by molar-refractivity contribution is 7.16. The van der Waals surface area contributed by atoms with E-state index < -0.39 is 13.0 Å². The van der Waals surface area contributed by atoms with Crippen LogP contribution in [-0.4, -0.2) is 40.3 Å². The van der Waals surface area contributed by atoms with Gasteiger partial charge in [-0.15, -0.1) is 11.3 Å². The Morgan fingerprint density at radius 1 is 1.23 bits per heavy atom. The van der Waals surface area contributed by atoms with Gasteiger partial charge in [-0.05, 0) is 48.1 Å². The molecule has 0 atom stereocenters. The molecule has 3 heterocycles. The van der Waals surface area contributed by atoms with E-state index in [9.17, 15) is 13.6 Å². The first-order valence-corrected chi connectivity index (χ1v) is 11.5. The van der Waals surface area contributed by atoms with Crippen molar-refractivity contribution in [2.75, 3.05) is 13.7 Å². The minimum atomic E-state index is -2.65. The third-order valence-corrected chi connectivity index (χ3v) is 6.23. The van der Waals surface area contributed by atoms with Crippen LogP contribution in [-0.2, 0) is 0 Å². The van der Waals surface area contributed by atoms with Crippen molar-refractivity contribution in [2.45, 2.75) is 6.43 Å². The van der Waals surface area contributed by atoms with Gasteiger partial charge in [0.15, 0.2) is 12.3 Å². The van der Waals surface area contributed by atoms with Crippen molar-refractivity contribution in [2.24, 2.45) is 0 Å². The highest BCUT2D eigenvalue weighted by Gasteiger charge is 2.18. The number of benzene rings is 1. The Bertz CT molecular complexity index is 1620. The van der Waals surface area contributed by atoms with Crippen molar-refractivity contribution in [1.82, 2.24) is 19.9 Å². The lowest BCUT2D eigenvalue weighted by Gasteiger charge is -2.16. The van der Waals surface area contributed by atoms with E-state index >= 15 is 0 Å². The second kappa shape index (κ2) is 9.22. The molecule has 5 rings (SSSR count). The zero-order valence-corrected chi connectivity index (χ0v) is 19.3. The normalized spacial score (nSPS) is 14.8. The lowest BCUT2D eigenvalue weighted by Crippen LogP contribution is -2.23. The van der Waals surface area contributed by atoms with Crippen LogP contribution in [0.15, 0.2) is 76.7 Å². The summed E-state index contributed by atoms with van der Waals surface area (Å²) in [6, 6.07) is 10.4. The lowest BCUT2D eigenvalue weighted by molar-refractivity contribution is 0.0797. The standard InChI is InChI=1S/C25H19F2N5O2S/c1-29-11-16-8-14(2-5-19(16)28)18-9-15-3-7-23(34-12-22(26)27)31-24(15)32(25(18)33)17-4-6-21-20(10-17)30-13-35-21/h2-11,13,22,28-29H,12H2,1H3/b16-11-,28-19?. The van der Waals surface area contributed by atoms with Gasteiger partial charge >= 0.3 is 0 Å². The van der Waals surface area contributed by atoms with Gasteiger partial charge in [0.1, 0.15) is 0 Å². The molecule has 1 aliphatic carbocycles. The van der Waals surface area contributed by atoms with E-state index in [0.29, 0.717) is 33.5 Å². The smallest absolute Gasteiger partial charge is 0.272 e. The summed E-state index contributed by atoms with van der Waals surface area (Å²) in [6.07, 6.45) is 4.17. The molecular weight excluding hydrogens is 472 g/mol. The number of halogens is 2. The molecule has 0 spiro atoms. The predicted molar refractivity (Wildman–Crippen MR) is 134 cm³/mol. The quantitative estimate of drug-likeness (QED) is 0.407. The Hall–Kier alpha value is -4.18. The summed E-state index contributed by atoms with van der Waals surface area (Å²) < 4.78 is 32.9. The molecule has 4 aromatic rings. The number of pyridine rings is 2. The molecule has 7 nitrogen and oxygen atoms in total. The molecule has 3 aromatic heterocycles. The van der Waals surface area contributed by atoms with Crippen LogP contribution >= 0.6 is 11.3 Å². The summed E-state index contributed by atoms with van der Waals surface area (Å²) in [6.45, 7) is -0.796. The number of ether oxygens (including phenoxy) is 1. The Morgan fingerprint density at radius 3 is 2.89 bits per heavy atom. The Balaban J connectivity index is 1.75. The van der Waals surface area contributed by atoms with E-state index in [-0.39, 0.29) is 17.1 Å². The van der Waals surface area contributed by atoms with E-state index in [0.717, 1.165) is 10.2 Å². The summed E-state index contributed by atoms with van der Waals surface area (Å²) in [5.41, 5.74) is 4.92. The number of hydrogen-bond acceptors (Lipinski definition) is 7. The minimum Gasteiger partial charge on any atom is -0.472 e. The van der Waals surface area contributed by atoms with Gasteiger partial charge in [-0.2, -0.15) is 4.98 Å². The highest BCUT2D eigenvalue weighted by Crippen LogP contribution is 2.27. The molecule has 2 N–H and O–H groups in total. The van der Waals surface area contributed by atoms with Crippen molar-refractivity contribution < 1.29 is 13.5 Å². The number of hydrogen-bond donors (Lipinski definition) is 2. The second-order valence-corrected chi connectivity index (χ2v) is 8.59. The van der Waals surface area contributed by atoms with Crippen molar-refractivity contribution in [3.8, 4) is 11.6 Å². The van der Waals surface area contributed by atoms with Crippen LogP contribution in [0.1, 0.15) is 5.56 Å². The van der Waals surface area contributed by atoms with Crippen LogP contribution in [0.5, 0.6) is 5.88 Å². The Kier molecular flexibility index (Phi) is 5.96. The molecule has 0 bridgehead atoms. The zero-order chi connectivity index (χ0) is 24.5. The molecule has 0 fully saturated rings. The van der Waals surface area contributed by atoms with Crippen molar-refractivity contribution in [1.29, 1.82) is 5.41 Å². The maximum Gasteiger partial charge on any atom is 0.272 e. The third kappa shape index (κ3) is 4.35. The Morgan fingerprint density at radius 2 is 2.09 bits per heavy atom. The fourth-order valence-electron chi connectivity index (χ4n) is 3.83. The van der Waals surface area contributed by atoms with Gasteiger partial charge in [0.25, 0.3) is 12.0 Å². The highest BCUT2D eigenvalue weighted by atomic mass is 32.1.